The molecule has 0 aliphatic carbocycles. The van der Waals surface area contributed by atoms with Gasteiger partial charge in [-0.3, -0.25) is 4.79 Å². The van der Waals surface area contributed by atoms with Crippen LogP contribution in [0.2, 0.25) is 0 Å². The molecule has 1 aromatic rings. The standard InChI is InChI=1S/C14H14F6OS/c15-11(8-13(16,17)9-14(18,19)20)6-7-22-12(21)10-4-2-1-3-5-10/h1-5,11H,6-9H2. The molecule has 0 N–H and O–H groups in total. The fourth-order valence-corrected chi connectivity index (χ4v) is 2.59. The molecule has 8 heteroatoms. The van der Waals surface area contributed by atoms with Gasteiger partial charge in [-0.15, -0.1) is 0 Å². The highest BCUT2D eigenvalue weighted by atomic mass is 32.2. The van der Waals surface area contributed by atoms with Crippen molar-refractivity contribution >= 4 is 16.9 Å². The third-order valence-electron chi connectivity index (χ3n) is 2.65. The van der Waals surface area contributed by atoms with Gasteiger partial charge in [0.05, 0.1) is 0 Å². The Balaban J connectivity index is 2.34. The summed E-state index contributed by atoms with van der Waals surface area (Å²) in [5, 5.41) is -0.338. The van der Waals surface area contributed by atoms with Crippen molar-refractivity contribution < 1.29 is 31.1 Å². The van der Waals surface area contributed by atoms with Crippen LogP contribution in [-0.2, 0) is 0 Å². The first-order valence-corrected chi connectivity index (χ1v) is 7.38. The number of rotatable bonds is 7. The molecule has 0 bridgehead atoms. The maximum Gasteiger partial charge on any atom is 0.394 e. The van der Waals surface area contributed by atoms with Crippen molar-refractivity contribution in [3.8, 4) is 0 Å². The zero-order chi connectivity index (χ0) is 16.8. The molecule has 0 radical (unpaired) electrons. The lowest BCUT2D eigenvalue weighted by Crippen LogP contribution is -2.29. The van der Waals surface area contributed by atoms with E-state index in [1.165, 1.54) is 0 Å². The highest BCUT2D eigenvalue weighted by molar-refractivity contribution is 8.14. The topological polar surface area (TPSA) is 17.1 Å². The van der Waals surface area contributed by atoms with Crippen LogP contribution in [0.15, 0.2) is 30.3 Å². The number of hydrogen-bond acceptors (Lipinski definition) is 2. The number of carbonyl (C=O) groups excluding carboxylic acids is 1. The molecule has 0 aliphatic rings. The van der Waals surface area contributed by atoms with Crippen LogP contribution in [0, 0.1) is 0 Å². The Morgan fingerprint density at radius 2 is 1.68 bits per heavy atom. The molecule has 0 amide bonds. The van der Waals surface area contributed by atoms with Crippen LogP contribution in [0.3, 0.4) is 0 Å². The van der Waals surface area contributed by atoms with Crippen molar-refractivity contribution in [3.63, 3.8) is 0 Å². The number of thioether (sulfide) groups is 1. The Kier molecular flexibility index (Phi) is 6.77. The summed E-state index contributed by atoms with van der Waals surface area (Å²) in [6.07, 6.45) is -11.4. The Morgan fingerprint density at radius 3 is 2.23 bits per heavy atom. The zero-order valence-electron chi connectivity index (χ0n) is 11.4. The molecule has 0 saturated heterocycles. The predicted molar refractivity (Wildman–Crippen MR) is 73.0 cm³/mol. The van der Waals surface area contributed by atoms with E-state index in [1.807, 2.05) is 0 Å². The molecule has 1 unspecified atom stereocenters. The zero-order valence-corrected chi connectivity index (χ0v) is 12.2. The SMILES string of the molecule is O=C(SCCC(F)CC(F)(F)CC(F)(F)F)c1ccccc1. The number of benzene rings is 1. The lowest BCUT2D eigenvalue weighted by Gasteiger charge is -2.19. The monoisotopic (exact) mass is 344 g/mol. The van der Waals surface area contributed by atoms with E-state index in [4.69, 9.17) is 0 Å². The van der Waals surface area contributed by atoms with Gasteiger partial charge in [0.2, 0.25) is 5.12 Å². The Labute approximate surface area is 128 Å². The summed E-state index contributed by atoms with van der Waals surface area (Å²) in [6.45, 7) is 0. The lowest BCUT2D eigenvalue weighted by atomic mass is 10.1. The summed E-state index contributed by atoms with van der Waals surface area (Å²) in [4.78, 5) is 11.6. The largest absolute Gasteiger partial charge is 0.394 e. The van der Waals surface area contributed by atoms with E-state index in [0.29, 0.717) is 5.56 Å². The highest BCUT2D eigenvalue weighted by Gasteiger charge is 2.44. The first-order chi connectivity index (χ1) is 10.1. The number of carbonyl (C=O) groups is 1. The van der Waals surface area contributed by atoms with E-state index in [-0.39, 0.29) is 10.9 Å². The van der Waals surface area contributed by atoms with Gasteiger partial charge in [-0.2, -0.15) is 13.2 Å². The average molecular weight is 344 g/mol. The van der Waals surface area contributed by atoms with Crippen molar-refractivity contribution in [1.82, 2.24) is 0 Å². The molecule has 0 aliphatic heterocycles. The van der Waals surface area contributed by atoms with Gasteiger partial charge in [-0.05, 0) is 6.42 Å². The minimum atomic E-state index is -5.04. The van der Waals surface area contributed by atoms with Gasteiger partial charge in [0.25, 0.3) is 5.92 Å². The van der Waals surface area contributed by atoms with E-state index < -0.39 is 37.5 Å². The van der Waals surface area contributed by atoms with Gasteiger partial charge in [0.1, 0.15) is 12.6 Å². The van der Waals surface area contributed by atoms with Crippen molar-refractivity contribution in [3.05, 3.63) is 35.9 Å². The number of hydrogen-bond donors (Lipinski definition) is 0. The minimum Gasteiger partial charge on any atom is -0.282 e. The van der Waals surface area contributed by atoms with Crippen molar-refractivity contribution in [2.45, 2.75) is 37.5 Å². The molecule has 0 heterocycles. The second-order valence-electron chi connectivity index (χ2n) is 4.74. The van der Waals surface area contributed by atoms with E-state index in [2.05, 4.69) is 0 Å². The fraction of sp³-hybridized carbons (Fsp3) is 0.500. The Morgan fingerprint density at radius 1 is 1.09 bits per heavy atom. The first-order valence-electron chi connectivity index (χ1n) is 6.40. The molecule has 0 fully saturated rings. The molecule has 1 nitrogen and oxygen atoms in total. The second kappa shape index (κ2) is 7.89. The van der Waals surface area contributed by atoms with E-state index in [1.54, 1.807) is 30.3 Å². The van der Waals surface area contributed by atoms with Gasteiger partial charge in [0.15, 0.2) is 0 Å². The number of halogens is 6. The Bertz CT molecular complexity index is 474. The van der Waals surface area contributed by atoms with Crippen LogP contribution in [0.1, 0.15) is 29.6 Å². The van der Waals surface area contributed by atoms with E-state index >= 15 is 0 Å². The molecule has 1 atom stereocenters. The molecular weight excluding hydrogens is 330 g/mol. The van der Waals surface area contributed by atoms with Crippen LogP contribution in [-0.4, -0.2) is 29.1 Å². The molecule has 0 aromatic heterocycles. The van der Waals surface area contributed by atoms with Crippen molar-refractivity contribution in [2.75, 3.05) is 5.75 Å². The molecule has 0 saturated carbocycles. The maximum absolute atomic E-state index is 13.4. The van der Waals surface area contributed by atoms with Gasteiger partial charge in [-0.25, -0.2) is 13.2 Å². The Hall–Kier alpha value is -1.18. The third kappa shape index (κ3) is 7.72. The molecule has 1 rings (SSSR count). The summed E-state index contributed by atoms with van der Waals surface area (Å²) < 4.78 is 75.0. The summed E-state index contributed by atoms with van der Waals surface area (Å²) in [5.41, 5.74) is 0.394. The van der Waals surface area contributed by atoms with Crippen LogP contribution < -0.4 is 0 Å². The molecule has 1 aromatic carbocycles. The van der Waals surface area contributed by atoms with Gasteiger partial charge < -0.3 is 0 Å². The molecule has 124 valence electrons. The van der Waals surface area contributed by atoms with Gasteiger partial charge in [0, 0.05) is 17.7 Å². The van der Waals surface area contributed by atoms with Gasteiger partial charge in [-0.1, -0.05) is 42.1 Å². The smallest absolute Gasteiger partial charge is 0.282 e. The third-order valence-corrected chi connectivity index (χ3v) is 3.59. The normalized spacial score (nSPS) is 13.9. The highest BCUT2D eigenvalue weighted by Crippen LogP contribution is 2.35. The summed E-state index contributed by atoms with van der Waals surface area (Å²) >= 11 is 0.751. The molecular formula is C14H14F6OS. The minimum absolute atomic E-state index is 0.0724. The molecule has 0 spiro atoms. The van der Waals surface area contributed by atoms with Crippen LogP contribution in [0.4, 0.5) is 26.3 Å². The average Bonchev–Trinajstić information content (AvgIpc) is 2.35. The first kappa shape index (κ1) is 18.9. The van der Waals surface area contributed by atoms with E-state index in [9.17, 15) is 31.1 Å². The predicted octanol–water partition coefficient (Wildman–Crippen LogP) is 5.27. The van der Waals surface area contributed by atoms with Crippen molar-refractivity contribution in [1.29, 1.82) is 0 Å². The quantitative estimate of drug-likeness (QED) is 0.627. The molecule has 22 heavy (non-hydrogen) atoms. The summed E-state index contributed by atoms with van der Waals surface area (Å²) in [5.74, 6) is -4.21. The lowest BCUT2D eigenvalue weighted by molar-refractivity contribution is -0.192. The van der Waals surface area contributed by atoms with Crippen LogP contribution in [0.5, 0.6) is 0 Å². The second-order valence-corrected chi connectivity index (χ2v) is 5.81. The van der Waals surface area contributed by atoms with Crippen molar-refractivity contribution in [2.24, 2.45) is 0 Å². The fourth-order valence-electron chi connectivity index (χ4n) is 1.73. The van der Waals surface area contributed by atoms with Gasteiger partial charge >= 0.3 is 6.18 Å². The number of alkyl halides is 6. The van der Waals surface area contributed by atoms with Crippen LogP contribution >= 0.6 is 11.8 Å². The summed E-state index contributed by atoms with van der Waals surface area (Å²) in [6, 6.07) is 8.11. The van der Waals surface area contributed by atoms with E-state index in [0.717, 1.165) is 11.8 Å². The van der Waals surface area contributed by atoms with Crippen LogP contribution in [0.25, 0.3) is 0 Å². The summed E-state index contributed by atoms with van der Waals surface area (Å²) in [7, 11) is 0. The maximum atomic E-state index is 13.4.